The number of ether oxygens (including phenoxy) is 1. The topological polar surface area (TPSA) is 21.3 Å². The molecule has 0 saturated carbocycles. The van der Waals surface area contributed by atoms with Gasteiger partial charge in [-0.05, 0) is 51.1 Å². The highest BCUT2D eigenvalue weighted by atomic mass is 35.5. The first-order valence-electron chi connectivity index (χ1n) is 5.73. The van der Waals surface area contributed by atoms with Crippen molar-refractivity contribution in [3.63, 3.8) is 0 Å². The minimum absolute atomic E-state index is 0.298. The predicted molar refractivity (Wildman–Crippen MR) is 68.9 cm³/mol. The predicted octanol–water partition coefficient (Wildman–Crippen LogP) is 3.24. The van der Waals surface area contributed by atoms with Crippen LogP contribution in [0.4, 0.5) is 0 Å². The molecule has 0 saturated heterocycles. The van der Waals surface area contributed by atoms with Crippen LogP contribution in [0.3, 0.4) is 0 Å². The Kier molecular flexibility index (Phi) is 6.46. The van der Waals surface area contributed by atoms with Gasteiger partial charge in [-0.25, -0.2) is 0 Å². The van der Waals surface area contributed by atoms with E-state index in [0.717, 1.165) is 30.0 Å². The SMILES string of the molecule is CNCCCC(C)OCc1cccc(Cl)c1. The first kappa shape index (κ1) is 13.5. The fourth-order valence-electron chi connectivity index (χ4n) is 1.51. The summed E-state index contributed by atoms with van der Waals surface area (Å²) < 4.78 is 5.74. The first-order chi connectivity index (χ1) is 7.72. The molecule has 3 heteroatoms. The van der Waals surface area contributed by atoms with Gasteiger partial charge >= 0.3 is 0 Å². The summed E-state index contributed by atoms with van der Waals surface area (Å²) in [6.07, 6.45) is 2.53. The highest BCUT2D eigenvalue weighted by Crippen LogP contribution is 2.13. The molecule has 0 spiro atoms. The molecule has 16 heavy (non-hydrogen) atoms. The number of hydrogen-bond donors (Lipinski definition) is 1. The van der Waals surface area contributed by atoms with Crippen molar-refractivity contribution in [2.45, 2.75) is 32.5 Å². The molecule has 0 amide bonds. The molecule has 0 aliphatic rings. The van der Waals surface area contributed by atoms with Gasteiger partial charge in [0.2, 0.25) is 0 Å². The summed E-state index contributed by atoms with van der Waals surface area (Å²) in [5.74, 6) is 0. The van der Waals surface area contributed by atoms with E-state index < -0.39 is 0 Å². The van der Waals surface area contributed by atoms with Gasteiger partial charge in [0, 0.05) is 5.02 Å². The van der Waals surface area contributed by atoms with E-state index >= 15 is 0 Å². The van der Waals surface area contributed by atoms with E-state index in [9.17, 15) is 0 Å². The van der Waals surface area contributed by atoms with Crippen molar-refractivity contribution in [3.05, 3.63) is 34.9 Å². The van der Waals surface area contributed by atoms with Crippen LogP contribution in [0.15, 0.2) is 24.3 Å². The van der Waals surface area contributed by atoms with Gasteiger partial charge in [0.05, 0.1) is 12.7 Å². The molecule has 1 atom stereocenters. The van der Waals surface area contributed by atoms with Crippen molar-refractivity contribution in [2.24, 2.45) is 0 Å². The van der Waals surface area contributed by atoms with Crippen LogP contribution in [0.25, 0.3) is 0 Å². The molecule has 1 aromatic carbocycles. The van der Waals surface area contributed by atoms with Gasteiger partial charge in [0.25, 0.3) is 0 Å². The summed E-state index contributed by atoms with van der Waals surface area (Å²) >= 11 is 5.90. The summed E-state index contributed by atoms with van der Waals surface area (Å²) in [6, 6.07) is 7.81. The standard InChI is InChI=1S/C13H20ClNO/c1-11(5-4-8-15-2)16-10-12-6-3-7-13(14)9-12/h3,6-7,9,11,15H,4-5,8,10H2,1-2H3. The van der Waals surface area contributed by atoms with E-state index in [1.807, 2.05) is 31.3 Å². The number of rotatable bonds is 7. The number of hydrogen-bond acceptors (Lipinski definition) is 2. The number of halogens is 1. The smallest absolute Gasteiger partial charge is 0.0721 e. The van der Waals surface area contributed by atoms with Crippen molar-refractivity contribution < 1.29 is 4.74 Å². The van der Waals surface area contributed by atoms with Gasteiger partial charge in [-0.15, -0.1) is 0 Å². The van der Waals surface area contributed by atoms with Gasteiger partial charge < -0.3 is 10.1 Å². The highest BCUT2D eigenvalue weighted by Gasteiger charge is 2.02. The third kappa shape index (κ3) is 5.50. The van der Waals surface area contributed by atoms with E-state index in [-0.39, 0.29) is 0 Å². The third-order valence-corrected chi connectivity index (χ3v) is 2.70. The fraction of sp³-hybridized carbons (Fsp3) is 0.538. The lowest BCUT2D eigenvalue weighted by molar-refractivity contribution is 0.0464. The van der Waals surface area contributed by atoms with Crippen LogP contribution < -0.4 is 5.32 Å². The summed E-state index contributed by atoms with van der Waals surface area (Å²) in [4.78, 5) is 0. The molecule has 0 fully saturated rings. The number of benzene rings is 1. The summed E-state index contributed by atoms with van der Waals surface area (Å²) in [7, 11) is 1.97. The Balaban J connectivity index is 2.23. The Morgan fingerprint density at radius 3 is 2.94 bits per heavy atom. The first-order valence-corrected chi connectivity index (χ1v) is 6.11. The van der Waals surface area contributed by atoms with E-state index in [0.29, 0.717) is 12.7 Å². The molecule has 1 N–H and O–H groups in total. The molecule has 1 aromatic rings. The molecule has 0 aliphatic carbocycles. The molecule has 90 valence electrons. The molecule has 0 heterocycles. The lowest BCUT2D eigenvalue weighted by Gasteiger charge is -2.13. The van der Waals surface area contributed by atoms with Crippen molar-refractivity contribution in [1.29, 1.82) is 0 Å². The summed E-state index contributed by atoms with van der Waals surface area (Å²) in [6.45, 7) is 3.80. The van der Waals surface area contributed by atoms with Gasteiger partial charge in [0.1, 0.15) is 0 Å². The Morgan fingerprint density at radius 1 is 1.44 bits per heavy atom. The van der Waals surface area contributed by atoms with Gasteiger partial charge in [-0.1, -0.05) is 23.7 Å². The average molecular weight is 242 g/mol. The minimum atomic E-state index is 0.298. The quantitative estimate of drug-likeness (QED) is 0.740. The lowest BCUT2D eigenvalue weighted by Crippen LogP contribution is -2.13. The van der Waals surface area contributed by atoms with Crippen LogP contribution in [-0.2, 0) is 11.3 Å². The molecule has 1 rings (SSSR count). The molecular formula is C13H20ClNO. The van der Waals surface area contributed by atoms with Crippen molar-refractivity contribution in [1.82, 2.24) is 5.32 Å². The Bertz CT molecular complexity index is 304. The fourth-order valence-corrected chi connectivity index (χ4v) is 1.73. The third-order valence-electron chi connectivity index (χ3n) is 2.46. The van der Waals surface area contributed by atoms with Crippen LogP contribution >= 0.6 is 11.6 Å². The van der Waals surface area contributed by atoms with Gasteiger partial charge in [-0.2, -0.15) is 0 Å². The van der Waals surface area contributed by atoms with Crippen LogP contribution in [0.1, 0.15) is 25.3 Å². The zero-order chi connectivity index (χ0) is 11.8. The Morgan fingerprint density at radius 2 is 2.25 bits per heavy atom. The maximum absolute atomic E-state index is 5.90. The van der Waals surface area contributed by atoms with E-state index in [4.69, 9.17) is 16.3 Å². The van der Waals surface area contributed by atoms with E-state index in [2.05, 4.69) is 12.2 Å². The monoisotopic (exact) mass is 241 g/mol. The zero-order valence-electron chi connectivity index (χ0n) is 10.0. The van der Waals surface area contributed by atoms with Crippen LogP contribution in [0, 0.1) is 0 Å². The van der Waals surface area contributed by atoms with E-state index in [1.54, 1.807) is 0 Å². The molecule has 1 unspecified atom stereocenters. The zero-order valence-corrected chi connectivity index (χ0v) is 10.8. The minimum Gasteiger partial charge on any atom is -0.374 e. The lowest BCUT2D eigenvalue weighted by atomic mass is 10.2. The second-order valence-corrected chi connectivity index (χ2v) is 4.43. The van der Waals surface area contributed by atoms with Crippen molar-refractivity contribution >= 4 is 11.6 Å². The molecule has 2 nitrogen and oxygen atoms in total. The molecule has 0 radical (unpaired) electrons. The Labute approximate surface area is 103 Å². The summed E-state index contributed by atoms with van der Waals surface area (Å²) in [5.41, 5.74) is 1.13. The molecule has 0 aromatic heterocycles. The average Bonchev–Trinajstić information content (AvgIpc) is 2.27. The van der Waals surface area contributed by atoms with E-state index in [1.165, 1.54) is 0 Å². The van der Waals surface area contributed by atoms with Crippen LogP contribution in [0.2, 0.25) is 5.02 Å². The second-order valence-electron chi connectivity index (χ2n) is 4.00. The molecular weight excluding hydrogens is 222 g/mol. The maximum Gasteiger partial charge on any atom is 0.0721 e. The summed E-state index contributed by atoms with van der Waals surface area (Å²) in [5, 5.41) is 3.90. The van der Waals surface area contributed by atoms with Crippen molar-refractivity contribution in [2.75, 3.05) is 13.6 Å². The normalized spacial score (nSPS) is 12.7. The molecule has 0 aliphatic heterocycles. The van der Waals surface area contributed by atoms with Gasteiger partial charge in [0.15, 0.2) is 0 Å². The molecule has 0 bridgehead atoms. The second kappa shape index (κ2) is 7.66. The van der Waals surface area contributed by atoms with Crippen LogP contribution in [-0.4, -0.2) is 19.7 Å². The van der Waals surface area contributed by atoms with Gasteiger partial charge in [-0.3, -0.25) is 0 Å². The van der Waals surface area contributed by atoms with Crippen molar-refractivity contribution in [3.8, 4) is 0 Å². The maximum atomic E-state index is 5.90. The Hall–Kier alpha value is -0.570. The van der Waals surface area contributed by atoms with Crippen LogP contribution in [0.5, 0.6) is 0 Å². The largest absolute Gasteiger partial charge is 0.374 e. The highest BCUT2D eigenvalue weighted by molar-refractivity contribution is 6.30. The number of nitrogens with one attached hydrogen (secondary N) is 1.